The molecule has 0 aliphatic carbocycles. The van der Waals surface area contributed by atoms with Gasteiger partial charge in [-0.2, -0.15) is 0 Å². The van der Waals surface area contributed by atoms with Gasteiger partial charge in [0.1, 0.15) is 12.1 Å². The number of carbonyl (C=O) groups is 1. The second-order valence-electron chi connectivity index (χ2n) is 6.58. The first-order chi connectivity index (χ1) is 12.2. The van der Waals surface area contributed by atoms with E-state index in [2.05, 4.69) is 19.9 Å². The smallest absolute Gasteiger partial charge is 0.228 e. The molecule has 3 aliphatic rings. The molecule has 5 rings (SSSR count). The predicted octanol–water partition coefficient (Wildman–Crippen LogP) is 1.71. The molecule has 0 saturated carbocycles. The number of nitrogens with zero attached hydrogens (tertiary/aromatic N) is 5. The minimum absolute atomic E-state index is 0.0261. The standard InChI is InChI=1S/C17H21N5O2S/c1-24-8-13-4-16(19-10-18-13)21-5-12-2-3-15(7-21)22(17(12)23)6-14-9-25-11-20-14/h4,9-12,15H,2-3,5-8H2,1H3/t12-,15+/m0/s1. The number of amides is 1. The number of aromatic nitrogens is 3. The summed E-state index contributed by atoms with van der Waals surface area (Å²) in [6.45, 7) is 2.59. The van der Waals surface area contributed by atoms with Crippen molar-refractivity contribution in [2.24, 2.45) is 5.92 Å². The number of hydrogen-bond donors (Lipinski definition) is 0. The molecule has 2 aromatic heterocycles. The minimum Gasteiger partial charge on any atom is -0.378 e. The van der Waals surface area contributed by atoms with Gasteiger partial charge < -0.3 is 14.5 Å². The van der Waals surface area contributed by atoms with Crippen LogP contribution in [0.5, 0.6) is 0 Å². The van der Waals surface area contributed by atoms with Crippen molar-refractivity contribution in [2.75, 3.05) is 25.1 Å². The normalized spacial score (nSPS) is 23.2. The Bertz CT molecular complexity index is 738. The number of methoxy groups -OCH3 is 1. The SMILES string of the molecule is COCc1cc(N2C[C@@H]3CC[C@H](C2)N(Cc2cscn2)C3=O)ncn1. The number of piperidine rings is 1. The summed E-state index contributed by atoms with van der Waals surface area (Å²) in [5.74, 6) is 1.15. The number of thiazole rings is 1. The zero-order chi connectivity index (χ0) is 17.2. The fourth-order valence-electron chi connectivity index (χ4n) is 3.71. The topological polar surface area (TPSA) is 71.5 Å². The highest BCUT2D eigenvalue weighted by atomic mass is 32.1. The number of carbonyl (C=O) groups excluding carboxylic acids is 1. The molecule has 8 heteroatoms. The molecule has 0 spiro atoms. The van der Waals surface area contributed by atoms with E-state index in [1.54, 1.807) is 24.8 Å². The quantitative estimate of drug-likeness (QED) is 0.809. The van der Waals surface area contributed by atoms with E-state index >= 15 is 0 Å². The molecular formula is C17H21N5O2S. The minimum atomic E-state index is 0.0261. The first-order valence-corrected chi connectivity index (χ1v) is 9.41. The first-order valence-electron chi connectivity index (χ1n) is 8.47. The summed E-state index contributed by atoms with van der Waals surface area (Å²) in [6.07, 6.45) is 3.56. The van der Waals surface area contributed by atoms with Crippen LogP contribution in [-0.4, -0.2) is 52.0 Å². The molecule has 3 fully saturated rings. The molecule has 3 saturated heterocycles. The highest BCUT2D eigenvalue weighted by molar-refractivity contribution is 7.07. The number of hydrogen-bond acceptors (Lipinski definition) is 7. The van der Waals surface area contributed by atoms with Crippen LogP contribution in [0.2, 0.25) is 0 Å². The van der Waals surface area contributed by atoms with Gasteiger partial charge in [-0.1, -0.05) is 0 Å². The van der Waals surface area contributed by atoms with Crippen molar-refractivity contribution in [3.05, 3.63) is 34.7 Å². The molecule has 2 bridgehead atoms. The molecule has 0 radical (unpaired) electrons. The molecule has 2 atom stereocenters. The van der Waals surface area contributed by atoms with Gasteiger partial charge in [0.05, 0.1) is 36.0 Å². The summed E-state index contributed by atoms with van der Waals surface area (Å²) in [5, 5.41) is 2.02. The molecule has 0 unspecified atom stereocenters. The maximum atomic E-state index is 12.9. The van der Waals surface area contributed by atoms with Crippen LogP contribution in [-0.2, 0) is 22.7 Å². The van der Waals surface area contributed by atoms with Gasteiger partial charge in [-0.05, 0) is 12.8 Å². The van der Waals surface area contributed by atoms with E-state index in [9.17, 15) is 4.79 Å². The van der Waals surface area contributed by atoms with Crippen LogP contribution in [0.15, 0.2) is 23.3 Å². The van der Waals surface area contributed by atoms with Gasteiger partial charge >= 0.3 is 0 Å². The molecule has 3 aliphatic heterocycles. The Labute approximate surface area is 150 Å². The number of rotatable bonds is 5. The Morgan fingerprint density at radius 2 is 2.16 bits per heavy atom. The van der Waals surface area contributed by atoms with E-state index in [0.717, 1.165) is 36.6 Å². The van der Waals surface area contributed by atoms with Crippen LogP contribution < -0.4 is 4.90 Å². The molecule has 0 N–H and O–H groups in total. The largest absolute Gasteiger partial charge is 0.378 e. The van der Waals surface area contributed by atoms with Crippen LogP contribution >= 0.6 is 11.3 Å². The van der Waals surface area contributed by atoms with E-state index in [0.29, 0.717) is 19.7 Å². The van der Waals surface area contributed by atoms with E-state index in [-0.39, 0.29) is 17.9 Å². The average molecular weight is 359 g/mol. The van der Waals surface area contributed by atoms with Gasteiger partial charge in [0, 0.05) is 37.7 Å². The second kappa shape index (κ2) is 7.05. The Morgan fingerprint density at radius 1 is 1.24 bits per heavy atom. The van der Waals surface area contributed by atoms with Crippen molar-refractivity contribution in [2.45, 2.75) is 32.0 Å². The van der Waals surface area contributed by atoms with Crippen molar-refractivity contribution in [1.82, 2.24) is 19.9 Å². The lowest BCUT2D eigenvalue weighted by Gasteiger charge is -2.35. The summed E-state index contributed by atoms with van der Waals surface area (Å²) < 4.78 is 5.17. The van der Waals surface area contributed by atoms with Crippen LogP contribution in [0.1, 0.15) is 24.2 Å². The predicted molar refractivity (Wildman–Crippen MR) is 94.1 cm³/mol. The summed E-state index contributed by atoms with van der Waals surface area (Å²) in [4.78, 5) is 30.1. The third-order valence-electron chi connectivity index (χ3n) is 4.93. The highest BCUT2D eigenvalue weighted by Gasteiger charge is 2.41. The van der Waals surface area contributed by atoms with Gasteiger partial charge in [0.25, 0.3) is 0 Å². The van der Waals surface area contributed by atoms with Crippen molar-refractivity contribution in [3.63, 3.8) is 0 Å². The lowest BCUT2D eigenvalue weighted by atomic mass is 9.94. The Morgan fingerprint density at radius 3 is 2.96 bits per heavy atom. The second-order valence-corrected chi connectivity index (χ2v) is 7.30. The van der Waals surface area contributed by atoms with Crippen molar-refractivity contribution in [3.8, 4) is 0 Å². The summed E-state index contributed by atoms with van der Waals surface area (Å²) in [6, 6.07) is 2.16. The fourth-order valence-corrected chi connectivity index (χ4v) is 4.26. The van der Waals surface area contributed by atoms with Gasteiger partial charge in [-0.25, -0.2) is 15.0 Å². The van der Waals surface area contributed by atoms with E-state index in [1.807, 2.05) is 21.9 Å². The van der Waals surface area contributed by atoms with Crippen LogP contribution in [0.25, 0.3) is 0 Å². The highest BCUT2D eigenvalue weighted by Crippen LogP contribution is 2.32. The third kappa shape index (κ3) is 3.36. The van der Waals surface area contributed by atoms with Gasteiger partial charge in [-0.15, -0.1) is 11.3 Å². The van der Waals surface area contributed by atoms with Crippen molar-refractivity contribution < 1.29 is 9.53 Å². The summed E-state index contributed by atoms with van der Waals surface area (Å²) in [7, 11) is 1.66. The summed E-state index contributed by atoms with van der Waals surface area (Å²) >= 11 is 1.57. The molecule has 0 aromatic carbocycles. The molecule has 132 valence electrons. The molecular weight excluding hydrogens is 338 g/mol. The Kier molecular flexibility index (Phi) is 4.63. The molecule has 1 amide bonds. The fraction of sp³-hybridized carbons (Fsp3) is 0.529. The zero-order valence-corrected chi connectivity index (χ0v) is 15.0. The van der Waals surface area contributed by atoms with Crippen LogP contribution in [0, 0.1) is 5.92 Å². The van der Waals surface area contributed by atoms with E-state index in [4.69, 9.17) is 4.74 Å². The van der Waals surface area contributed by atoms with Crippen LogP contribution in [0.3, 0.4) is 0 Å². The van der Waals surface area contributed by atoms with Crippen molar-refractivity contribution in [1.29, 1.82) is 0 Å². The zero-order valence-electron chi connectivity index (χ0n) is 14.2. The van der Waals surface area contributed by atoms with Gasteiger partial charge in [0.15, 0.2) is 0 Å². The number of fused-ring (bicyclic) bond motifs is 4. The summed E-state index contributed by atoms with van der Waals surface area (Å²) in [5.41, 5.74) is 3.65. The first kappa shape index (κ1) is 16.4. The lowest BCUT2D eigenvalue weighted by Crippen LogP contribution is -2.47. The molecule has 5 heterocycles. The number of anilines is 1. The van der Waals surface area contributed by atoms with E-state index in [1.165, 1.54) is 0 Å². The number of ether oxygens (including phenoxy) is 1. The monoisotopic (exact) mass is 359 g/mol. The maximum absolute atomic E-state index is 12.9. The molecule has 25 heavy (non-hydrogen) atoms. The van der Waals surface area contributed by atoms with Gasteiger partial charge in [0.2, 0.25) is 5.91 Å². The maximum Gasteiger partial charge on any atom is 0.228 e. The van der Waals surface area contributed by atoms with Gasteiger partial charge in [-0.3, -0.25) is 4.79 Å². The molecule has 7 nitrogen and oxygen atoms in total. The molecule has 2 aromatic rings. The van der Waals surface area contributed by atoms with Crippen LogP contribution in [0.4, 0.5) is 5.82 Å². The average Bonchev–Trinajstić information content (AvgIpc) is 2.98. The Hall–Kier alpha value is -2.06. The lowest BCUT2D eigenvalue weighted by molar-refractivity contribution is -0.140. The van der Waals surface area contributed by atoms with Crippen molar-refractivity contribution >= 4 is 23.1 Å². The van der Waals surface area contributed by atoms with E-state index < -0.39 is 0 Å². The third-order valence-corrected chi connectivity index (χ3v) is 5.57. The Balaban J connectivity index is 1.56.